The quantitative estimate of drug-likeness (QED) is 0.798. The molecule has 1 aliphatic rings. The fraction of sp³-hybridized carbons (Fsp3) is 0.700. The third kappa shape index (κ3) is 3.12. The second-order valence-corrected chi connectivity index (χ2v) is 6.56. The molecular weight excluding hydrogens is 274 g/mol. The van der Waals surface area contributed by atoms with Gasteiger partial charge in [0.2, 0.25) is 5.13 Å². The van der Waals surface area contributed by atoms with Gasteiger partial charge in [0.05, 0.1) is 17.4 Å². The van der Waals surface area contributed by atoms with Gasteiger partial charge in [0, 0.05) is 6.61 Å². The number of aliphatic carboxylic acids is 1. The molecule has 2 heterocycles. The SMILES string of the molecule is CC1OCCC1(C)Nc1nnc(SCC(=O)O)s1. The first-order valence-corrected chi connectivity index (χ1v) is 7.38. The Balaban J connectivity index is 1.96. The Labute approximate surface area is 113 Å². The van der Waals surface area contributed by atoms with Crippen LogP contribution >= 0.6 is 23.1 Å². The average molecular weight is 289 g/mol. The molecule has 100 valence electrons. The van der Waals surface area contributed by atoms with Crippen molar-refractivity contribution in [2.45, 2.75) is 36.3 Å². The van der Waals surface area contributed by atoms with E-state index in [1.54, 1.807) is 0 Å². The van der Waals surface area contributed by atoms with E-state index in [0.717, 1.165) is 13.0 Å². The number of thioether (sulfide) groups is 1. The van der Waals surface area contributed by atoms with Crippen molar-refractivity contribution >= 4 is 34.2 Å². The molecule has 0 radical (unpaired) electrons. The van der Waals surface area contributed by atoms with Crippen molar-refractivity contribution in [2.75, 3.05) is 17.7 Å². The van der Waals surface area contributed by atoms with Gasteiger partial charge in [-0.15, -0.1) is 10.2 Å². The monoisotopic (exact) mass is 289 g/mol. The van der Waals surface area contributed by atoms with Crippen molar-refractivity contribution in [1.82, 2.24) is 10.2 Å². The number of carboxylic acid groups (broad SMARTS) is 1. The Morgan fingerprint density at radius 1 is 1.72 bits per heavy atom. The van der Waals surface area contributed by atoms with Crippen molar-refractivity contribution in [1.29, 1.82) is 0 Å². The highest BCUT2D eigenvalue weighted by Gasteiger charge is 2.37. The van der Waals surface area contributed by atoms with Gasteiger partial charge in [-0.25, -0.2) is 0 Å². The zero-order chi connectivity index (χ0) is 13.2. The van der Waals surface area contributed by atoms with Gasteiger partial charge >= 0.3 is 5.97 Å². The smallest absolute Gasteiger partial charge is 0.313 e. The second kappa shape index (κ2) is 5.41. The zero-order valence-corrected chi connectivity index (χ0v) is 11.8. The Morgan fingerprint density at radius 3 is 3.11 bits per heavy atom. The normalized spacial score (nSPS) is 27.3. The summed E-state index contributed by atoms with van der Waals surface area (Å²) in [6, 6.07) is 0. The number of rotatable bonds is 5. The van der Waals surface area contributed by atoms with E-state index in [0.29, 0.717) is 9.47 Å². The van der Waals surface area contributed by atoms with Gasteiger partial charge in [-0.1, -0.05) is 23.1 Å². The van der Waals surface area contributed by atoms with Crippen molar-refractivity contribution in [3.63, 3.8) is 0 Å². The molecule has 6 nitrogen and oxygen atoms in total. The van der Waals surface area contributed by atoms with E-state index in [4.69, 9.17) is 9.84 Å². The van der Waals surface area contributed by atoms with Crippen LogP contribution < -0.4 is 5.32 Å². The van der Waals surface area contributed by atoms with Gasteiger partial charge in [-0.2, -0.15) is 0 Å². The van der Waals surface area contributed by atoms with Crippen LogP contribution in [0, 0.1) is 0 Å². The maximum absolute atomic E-state index is 10.5. The summed E-state index contributed by atoms with van der Waals surface area (Å²) in [5.41, 5.74) is -0.131. The predicted octanol–water partition coefficient (Wildman–Crippen LogP) is 1.69. The predicted molar refractivity (Wildman–Crippen MR) is 70.3 cm³/mol. The molecule has 18 heavy (non-hydrogen) atoms. The molecule has 8 heteroatoms. The lowest BCUT2D eigenvalue weighted by Gasteiger charge is -2.28. The summed E-state index contributed by atoms with van der Waals surface area (Å²) >= 11 is 2.55. The molecule has 2 N–H and O–H groups in total. The first kappa shape index (κ1) is 13.6. The van der Waals surface area contributed by atoms with E-state index in [2.05, 4.69) is 22.4 Å². The summed E-state index contributed by atoms with van der Waals surface area (Å²) in [7, 11) is 0. The Kier molecular flexibility index (Phi) is 4.08. The largest absolute Gasteiger partial charge is 0.481 e. The molecule has 0 spiro atoms. The summed E-state index contributed by atoms with van der Waals surface area (Å²) in [4.78, 5) is 10.5. The summed E-state index contributed by atoms with van der Waals surface area (Å²) in [5.74, 6) is -0.847. The molecule has 2 rings (SSSR count). The fourth-order valence-electron chi connectivity index (χ4n) is 1.69. The third-order valence-electron chi connectivity index (χ3n) is 3.00. The number of aromatic nitrogens is 2. The number of ether oxygens (including phenoxy) is 1. The van der Waals surface area contributed by atoms with Crippen LogP contribution in [0.15, 0.2) is 4.34 Å². The molecule has 1 aromatic heterocycles. The molecule has 0 aliphatic carbocycles. The van der Waals surface area contributed by atoms with Gasteiger partial charge in [0.15, 0.2) is 4.34 Å². The van der Waals surface area contributed by atoms with Crippen LogP contribution in [0.5, 0.6) is 0 Å². The average Bonchev–Trinajstić information content (AvgIpc) is 2.85. The van der Waals surface area contributed by atoms with Crippen LogP contribution in [0.1, 0.15) is 20.3 Å². The lowest BCUT2D eigenvalue weighted by molar-refractivity contribution is -0.133. The number of anilines is 1. The molecule has 0 aromatic carbocycles. The standard InChI is InChI=1S/C10H15N3O3S2/c1-6-10(2,3-4-16-6)11-8-12-13-9(18-8)17-5-7(14)15/h6H,3-5H2,1-2H3,(H,11,12)(H,14,15). The highest BCUT2D eigenvalue weighted by Crippen LogP contribution is 2.32. The van der Waals surface area contributed by atoms with Crippen LogP contribution in [0.3, 0.4) is 0 Å². The molecule has 1 aliphatic heterocycles. The second-order valence-electron chi connectivity index (χ2n) is 4.36. The minimum absolute atomic E-state index is 0.00537. The Morgan fingerprint density at radius 2 is 2.50 bits per heavy atom. The van der Waals surface area contributed by atoms with Gasteiger partial charge < -0.3 is 15.2 Å². The molecule has 0 saturated carbocycles. The fourth-order valence-corrected chi connectivity index (χ4v) is 3.29. The number of carbonyl (C=O) groups is 1. The minimum Gasteiger partial charge on any atom is -0.481 e. The van der Waals surface area contributed by atoms with E-state index >= 15 is 0 Å². The molecule has 1 fully saturated rings. The highest BCUT2D eigenvalue weighted by atomic mass is 32.2. The van der Waals surface area contributed by atoms with Crippen LogP contribution in [0.25, 0.3) is 0 Å². The van der Waals surface area contributed by atoms with Crippen LogP contribution in [0.2, 0.25) is 0 Å². The van der Waals surface area contributed by atoms with Crippen molar-refractivity contribution < 1.29 is 14.6 Å². The molecule has 0 bridgehead atoms. The number of nitrogens with one attached hydrogen (secondary N) is 1. The number of hydrogen-bond donors (Lipinski definition) is 2. The minimum atomic E-state index is -0.852. The molecular formula is C10H15N3O3S2. The molecule has 2 atom stereocenters. The van der Waals surface area contributed by atoms with Gasteiger partial charge in [0.1, 0.15) is 0 Å². The van der Waals surface area contributed by atoms with Gasteiger partial charge in [0.25, 0.3) is 0 Å². The molecule has 0 amide bonds. The number of carboxylic acids is 1. The van der Waals surface area contributed by atoms with Gasteiger partial charge in [-0.3, -0.25) is 4.79 Å². The Hall–Kier alpha value is -0.860. The first-order chi connectivity index (χ1) is 8.49. The van der Waals surface area contributed by atoms with Crippen molar-refractivity contribution in [3.8, 4) is 0 Å². The van der Waals surface area contributed by atoms with E-state index < -0.39 is 5.97 Å². The third-order valence-corrected chi connectivity index (χ3v) is 4.96. The van der Waals surface area contributed by atoms with E-state index in [1.165, 1.54) is 23.1 Å². The molecule has 2 unspecified atom stereocenters. The Bertz CT molecular complexity index is 440. The van der Waals surface area contributed by atoms with E-state index in [1.807, 2.05) is 6.92 Å². The van der Waals surface area contributed by atoms with E-state index in [9.17, 15) is 4.79 Å². The lowest BCUT2D eigenvalue weighted by Crippen LogP contribution is -2.41. The highest BCUT2D eigenvalue weighted by molar-refractivity contribution is 8.01. The van der Waals surface area contributed by atoms with Crippen molar-refractivity contribution in [3.05, 3.63) is 0 Å². The van der Waals surface area contributed by atoms with Crippen LogP contribution in [0.4, 0.5) is 5.13 Å². The topological polar surface area (TPSA) is 84.3 Å². The number of nitrogens with zero attached hydrogens (tertiary/aromatic N) is 2. The summed E-state index contributed by atoms with van der Waals surface area (Å²) in [5, 5.41) is 20.6. The van der Waals surface area contributed by atoms with Gasteiger partial charge in [-0.05, 0) is 20.3 Å². The van der Waals surface area contributed by atoms with E-state index in [-0.39, 0.29) is 17.4 Å². The summed E-state index contributed by atoms with van der Waals surface area (Å²) < 4.78 is 6.20. The summed E-state index contributed by atoms with van der Waals surface area (Å²) in [6.45, 7) is 4.86. The maximum Gasteiger partial charge on any atom is 0.313 e. The van der Waals surface area contributed by atoms with Crippen LogP contribution in [-0.4, -0.2) is 45.3 Å². The zero-order valence-electron chi connectivity index (χ0n) is 10.2. The summed E-state index contributed by atoms with van der Waals surface area (Å²) in [6.07, 6.45) is 1.04. The number of hydrogen-bond acceptors (Lipinski definition) is 7. The van der Waals surface area contributed by atoms with Crippen molar-refractivity contribution in [2.24, 2.45) is 0 Å². The first-order valence-electron chi connectivity index (χ1n) is 5.57. The van der Waals surface area contributed by atoms with Crippen LogP contribution in [-0.2, 0) is 9.53 Å². The molecule has 1 saturated heterocycles. The lowest BCUT2D eigenvalue weighted by atomic mass is 9.95. The molecule has 1 aromatic rings. The maximum atomic E-state index is 10.5.